The number of hydrazine groups is 1. The number of anilines is 1. The molecule has 0 radical (unpaired) electrons. The first-order chi connectivity index (χ1) is 9.88. The number of nitrogens with one attached hydrogen (secondary N) is 1. The molecular formula is C16H24N4O. The molecule has 1 amide bonds. The zero-order valence-corrected chi connectivity index (χ0v) is 12.7. The molecule has 0 fully saturated rings. The summed E-state index contributed by atoms with van der Waals surface area (Å²) in [6.45, 7) is 11.8. The number of benzene rings is 1. The maximum atomic E-state index is 10.3. The Kier molecular flexibility index (Phi) is 5.99. The van der Waals surface area contributed by atoms with Gasteiger partial charge in [-0.25, -0.2) is 5.84 Å². The van der Waals surface area contributed by atoms with Crippen LogP contribution in [-0.4, -0.2) is 17.5 Å². The van der Waals surface area contributed by atoms with Crippen LogP contribution in [0.15, 0.2) is 37.1 Å². The van der Waals surface area contributed by atoms with E-state index in [1.165, 1.54) is 0 Å². The maximum Gasteiger partial charge on any atom is 0.211 e. The number of hydrogen-bond donors (Lipinski definition) is 3. The lowest BCUT2D eigenvalue weighted by Crippen LogP contribution is -2.38. The normalized spacial score (nSPS) is 11.6. The largest absolute Gasteiger partial charge is 0.398 e. The number of hydrogen-bond acceptors (Lipinski definition) is 4. The van der Waals surface area contributed by atoms with Crippen LogP contribution in [0.3, 0.4) is 0 Å². The van der Waals surface area contributed by atoms with Crippen LogP contribution in [-0.2, 0) is 4.79 Å². The fourth-order valence-corrected chi connectivity index (χ4v) is 2.16. The quantitative estimate of drug-likeness (QED) is 0.296. The topological polar surface area (TPSA) is 84.4 Å². The number of amides is 1. The molecule has 1 unspecified atom stereocenters. The third-order valence-corrected chi connectivity index (χ3v) is 3.51. The van der Waals surface area contributed by atoms with E-state index in [0.29, 0.717) is 29.9 Å². The van der Waals surface area contributed by atoms with Gasteiger partial charge in [-0.3, -0.25) is 4.79 Å². The number of rotatable bonds is 8. The van der Waals surface area contributed by atoms with Crippen LogP contribution in [0.5, 0.6) is 0 Å². The highest BCUT2D eigenvalue weighted by molar-refractivity contribution is 5.75. The molecular weight excluding hydrogens is 264 g/mol. The summed E-state index contributed by atoms with van der Waals surface area (Å²) < 4.78 is 0. The predicted molar refractivity (Wildman–Crippen MR) is 87.7 cm³/mol. The fourth-order valence-electron chi connectivity index (χ4n) is 2.16. The van der Waals surface area contributed by atoms with E-state index >= 15 is 0 Å². The first-order valence-corrected chi connectivity index (χ1v) is 6.84. The Bertz CT molecular complexity index is 519. The minimum absolute atomic E-state index is 0.0432. The third kappa shape index (κ3) is 4.36. The maximum absolute atomic E-state index is 10.3. The van der Waals surface area contributed by atoms with Crippen LogP contribution >= 0.6 is 0 Å². The van der Waals surface area contributed by atoms with Gasteiger partial charge in [0.25, 0.3) is 0 Å². The van der Waals surface area contributed by atoms with Gasteiger partial charge >= 0.3 is 0 Å². The van der Waals surface area contributed by atoms with E-state index in [4.69, 9.17) is 11.6 Å². The van der Waals surface area contributed by atoms with Crippen molar-refractivity contribution in [1.82, 2.24) is 10.3 Å². The van der Waals surface area contributed by atoms with Gasteiger partial charge in [0.05, 0.1) is 5.70 Å². The molecule has 0 spiro atoms. The van der Waals surface area contributed by atoms with Crippen molar-refractivity contribution < 1.29 is 4.79 Å². The molecule has 0 saturated heterocycles. The third-order valence-electron chi connectivity index (χ3n) is 3.51. The van der Waals surface area contributed by atoms with Crippen LogP contribution in [0.2, 0.25) is 0 Å². The summed E-state index contributed by atoms with van der Waals surface area (Å²) in [6.07, 6.45) is 2.03. The van der Waals surface area contributed by atoms with E-state index in [9.17, 15) is 4.79 Å². The number of nitrogen functional groups attached to an aromatic ring is 1. The molecule has 1 aromatic carbocycles. The van der Waals surface area contributed by atoms with Crippen LogP contribution < -0.4 is 16.9 Å². The first kappa shape index (κ1) is 16.8. The van der Waals surface area contributed by atoms with Gasteiger partial charge in [0.15, 0.2) is 0 Å². The highest BCUT2D eigenvalue weighted by Gasteiger charge is 2.16. The molecule has 0 bridgehead atoms. The Morgan fingerprint density at radius 3 is 2.71 bits per heavy atom. The van der Waals surface area contributed by atoms with Crippen molar-refractivity contribution in [3.05, 3.63) is 48.2 Å². The Morgan fingerprint density at radius 1 is 1.48 bits per heavy atom. The summed E-state index contributed by atoms with van der Waals surface area (Å²) in [5.74, 6) is 6.15. The molecule has 0 aliphatic carbocycles. The molecule has 0 aliphatic rings. The van der Waals surface area contributed by atoms with Crippen molar-refractivity contribution in [3.8, 4) is 0 Å². The summed E-state index contributed by atoms with van der Waals surface area (Å²) in [6, 6.07) is 5.76. The Hall–Kier alpha value is -2.27. The molecule has 5 nitrogen and oxygen atoms in total. The standard InChI is InChI=1S/C16H24N4O/c1-11-6-5-7-15(17)16(11)14(4)20(18)13(3)9-8-12(2)19-10-21/h5-7,10,13H,2,4,8-9,17-18H2,1,3H3,(H,19,21). The van der Waals surface area contributed by atoms with E-state index < -0.39 is 0 Å². The lowest BCUT2D eigenvalue weighted by Gasteiger charge is -2.29. The van der Waals surface area contributed by atoms with Crippen molar-refractivity contribution in [2.75, 3.05) is 5.73 Å². The van der Waals surface area contributed by atoms with Gasteiger partial charge in [0, 0.05) is 23.0 Å². The summed E-state index contributed by atoms with van der Waals surface area (Å²) >= 11 is 0. The SMILES string of the molecule is C=C(CCC(C)N(N)C(=C)c1c(C)cccc1N)NC=O. The Morgan fingerprint density at radius 2 is 2.14 bits per heavy atom. The van der Waals surface area contributed by atoms with Gasteiger partial charge in [0.2, 0.25) is 6.41 Å². The minimum Gasteiger partial charge on any atom is -0.398 e. The smallest absolute Gasteiger partial charge is 0.211 e. The zero-order valence-electron chi connectivity index (χ0n) is 12.7. The van der Waals surface area contributed by atoms with Gasteiger partial charge < -0.3 is 16.1 Å². The van der Waals surface area contributed by atoms with Crippen molar-refractivity contribution in [2.45, 2.75) is 32.7 Å². The molecule has 5 N–H and O–H groups in total. The minimum atomic E-state index is 0.0432. The van der Waals surface area contributed by atoms with Crippen LogP contribution in [0.1, 0.15) is 30.9 Å². The summed E-state index contributed by atoms with van der Waals surface area (Å²) in [7, 11) is 0. The second kappa shape index (κ2) is 7.50. The Balaban J connectivity index is 2.73. The van der Waals surface area contributed by atoms with E-state index in [1.54, 1.807) is 5.01 Å². The van der Waals surface area contributed by atoms with Crippen LogP contribution in [0, 0.1) is 6.92 Å². The van der Waals surface area contributed by atoms with Crippen molar-refractivity contribution in [3.63, 3.8) is 0 Å². The lowest BCUT2D eigenvalue weighted by molar-refractivity contribution is -0.109. The van der Waals surface area contributed by atoms with Gasteiger partial charge in [-0.2, -0.15) is 0 Å². The second-order valence-corrected chi connectivity index (χ2v) is 5.15. The average Bonchev–Trinajstić information content (AvgIpc) is 2.43. The van der Waals surface area contributed by atoms with Crippen LogP contribution in [0.4, 0.5) is 5.69 Å². The Labute approximate surface area is 126 Å². The van der Waals surface area contributed by atoms with Gasteiger partial charge in [0.1, 0.15) is 0 Å². The predicted octanol–water partition coefficient (Wildman–Crippen LogP) is 2.15. The monoisotopic (exact) mass is 288 g/mol. The molecule has 0 aromatic heterocycles. The zero-order chi connectivity index (χ0) is 16.0. The summed E-state index contributed by atoms with van der Waals surface area (Å²) in [5, 5.41) is 4.16. The number of allylic oxidation sites excluding steroid dienone is 1. The molecule has 1 aromatic rings. The van der Waals surface area contributed by atoms with Gasteiger partial charge in [-0.15, -0.1) is 0 Å². The molecule has 0 aliphatic heterocycles. The second-order valence-electron chi connectivity index (χ2n) is 5.15. The number of carbonyl (C=O) groups excluding carboxylic acids is 1. The highest BCUT2D eigenvalue weighted by atomic mass is 16.1. The number of nitrogens with two attached hydrogens (primary N) is 2. The van der Waals surface area contributed by atoms with Crippen molar-refractivity contribution >= 4 is 17.8 Å². The molecule has 0 heterocycles. The van der Waals surface area contributed by atoms with Gasteiger partial charge in [-0.1, -0.05) is 25.3 Å². The van der Waals surface area contributed by atoms with Crippen LogP contribution in [0.25, 0.3) is 5.70 Å². The number of aryl methyl sites for hydroxylation is 1. The highest BCUT2D eigenvalue weighted by Crippen LogP contribution is 2.27. The number of carbonyl (C=O) groups is 1. The number of nitrogens with zero attached hydrogens (tertiary/aromatic N) is 1. The average molecular weight is 288 g/mol. The molecule has 1 atom stereocenters. The molecule has 0 saturated carbocycles. The van der Waals surface area contributed by atoms with E-state index in [2.05, 4.69) is 18.5 Å². The van der Waals surface area contributed by atoms with E-state index in [-0.39, 0.29) is 6.04 Å². The molecule has 114 valence electrons. The van der Waals surface area contributed by atoms with Crippen molar-refractivity contribution in [2.24, 2.45) is 5.84 Å². The lowest BCUT2D eigenvalue weighted by atomic mass is 10.0. The summed E-state index contributed by atoms with van der Waals surface area (Å²) in [5.41, 5.74) is 9.95. The molecule has 1 rings (SSSR count). The summed E-state index contributed by atoms with van der Waals surface area (Å²) in [4.78, 5) is 10.3. The van der Waals surface area contributed by atoms with Crippen molar-refractivity contribution in [1.29, 1.82) is 0 Å². The fraction of sp³-hybridized carbons (Fsp3) is 0.312. The first-order valence-electron chi connectivity index (χ1n) is 6.84. The van der Waals surface area contributed by atoms with E-state index in [1.807, 2.05) is 32.0 Å². The van der Waals surface area contributed by atoms with Gasteiger partial charge in [-0.05, 0) is 38.3 Å². The molecule has 5 heteroatoms. The van der Waals surface area contributed by atoms with E-state index in [0.717, 1.165) is 17.5 Å². The molecule has 21 heavy (non-hydrogen) atoms.